The van der Waals surface area contributed by atoms with Crippen molar-refractivity contribution in [1.82, 2.24) is 4.98 Å². The van der Waals surface area contributed by atoms with Gasteiger partial charge in [-0.05, 0) is 18.1 Å². The molecule has 1 aromatic heterocycles. The number of ether oxygens (including phenoxy) is 2. The fourth-order valence-corrected chi connectivity index (χ4v) is 2.90. The summed E-state index contributed by atoms with van der Waals surface area (Å²) in [7, 11) is 0. The van der Waals surface area contributed by atoms with Crippen LogP contribution in [0.15, 0.2) is 36.8 Å². The minimum atomic E-state index is -0.451. The van der Waals surface area contributed by atoms with Gasteiger partial charge in [0.2, 0.25) is 0 Å². The van der Waals surface area contributed by atoms with Crippen molar-refractivity contribution in [2.45, 2.75) is 25.0 Å². The van der Waals surface area contributed by atoms with Crippen LogP contribution < -0.4 is 0 Å². The minimum absolute atomic E-state index is 0.451. The van der Waals surface area contributed by atoms with E-state index in [2.05, 4.69) is 29.2 Å². The summed E-state index contributed by atoms with van der Waals surface area (Å²) in [5, 5.41) is 1.34. The van der Waals surface area contributed by atoms with E-state index in [-0.39, 0.29) is 0 Å². The Bertz CT molecular complexity index is 604. The number of H-pyrrole nitrogens is 1. The summed E-state index contributed by atoms with van der Waals surface area (Å²) in [5.41, 5.74) is 3.88. The van der Waals surface area contributed by atoms with Gasteiger partial charge in [0.05, 0.1) is 6.42 Å². The average Bonchev–Trinajstić information content (AvgIpc) is 2.93. The van der Waals surface area contributed by atoms with E-state index < -0.39 is 5.79 Å². The van der Waals surface area contributed by atoms with E-state index in [1.165, 1.54) is 22.2 Å². The Hall–Kier alpha value is -1.90. The molecular weight excluding hydrogens is 214 g/mol. The second-order valence-corrected chi connectivity index (χ2v) is 4.72. The van der Waals surface area contributed by atoms with Gasteiger partial charge in [0.15, 0.2) is 0 Å². The lowest BCUT2D eigenvalue weighted by Crippen LogP contribution is -2.36. The van der Waals surface area contributed by atoms with Gasteiger partial charge >= 0.3 is 0 Å². The normalized spacial score (nSPS) is 20.2. The average molecular weight is 227 g/mol. The van der Waals surface area contributed by atoms with Crippen molar-refractivity contribution in [3.05, 3.63) is 48.0 Å². The molecule has 0 saturated carbocycles. The molecule has 0 bridgehead atoms. The maximum absolute atomic E-state index is 5.61. The van der Waals surface area contributed by atoms with Crippen LogP contribution in [0.1, 0.15) is 17.7 Å². The minimum Gasteiger partial charge on any atom is -0.456 e. The zero-order valence-corrected chi connectivity index (χ0v) is 9.40. The Morgan fingerprint density at radius 1 is 1.12 bits per heavy atom. The first-order valence-corrected chi connectivity index (χ1v) is 5.95. The van der Waals surface area contributed by atoms with Crippen molar-refractivity contribution in [2.75, 3.05) is 0 Å². The van der Waals surface area contributed by atoms with Crippen LogP contribution in [0.2, 0.25) is 0 Å². The number of hydrogen-bond donors (Lipinski definition) is 1. The standard InChI is InChI=1S/C14H13NO2/c1-2-4-12-10(3-1)11-5-6-14(9-13(11)15-12)16-7-8-17-14/h1-4,7-8,15H,5-6,9H2. The second-order valence-electron chi connectivity index (χ2n) is 4.72. The van der Waals surface area contributed by atoms with Crippen molar-refractivity contribution in [3.8, 4) is 0 Å². The Morgan fingerprint density at radius 2 is 1.94 bits per heavy atom. The summed E-state index contributed by atoms with van der Waals surface area (Å²) < 4.78 is 11.2. The number of benzene rings is 1. The highest BCUT2D eigenvalue weighted by Gasteiger charge is 2.40. The summed E-state index contributed by atoms with van der Waals surface area (Å²) in [6, 6.07) is 8.45. The molecule has 2 aromatic rings. The monoisotopic (exact) mass is 227 g/mol. The number of para-hydroxylation sites is 1. The van der Waals surface area contributed by atoms with Crippen molar-refractivity contribution >= 4 is 10.9 Å². The van der Waals surface area contributed by atoms with Crippen LogP contribution in [0.4, 0.5) is 0 Å². The van der Waals surface area contributed by atoms with Gasteiger partial charge in [-0.1, -0.05) is 18.2 Å². The van der Waals surface area contributed by atoms with E-state index in [9.17, 15) is 0 Å². The molecule has 0 amide bonds. The number of aryl methyl sites for hydroxylation is 1. The van der Waals surface area contributed by atoms with Gasteiger partial charge in [0, 0.05) is 23.0 Å². The smallest absolute Gasteiger partial charge is 0.255 e. The predicted octanol–water partition coefficient (Wildman–Crippen LogP) is 2.87. The van der Waals surface area contributed by atoms with E-state index in [0.29, 0.717) is 0 Å². The summed E-state index contributed by atoms with van der Waals surface area (Å²) in [4.78, 5) is 3.48. The molecule has 0 unspecified atom stereocenters. The van der Waals surface area contributed by atoms with Crippen LogP contribution in [-0.4, -0.2) is 10.8 Å². The summed E-state index contributed by atoms with van der Waals surface area (Å²) in [6.45, 7) is 0. The Balaban J connectivity index is 1.83. The van der Waals surface area contributed by atoms with Crippen molar-refractivity contribution < 1.29 is 9.47 Å². The van der Waals surface area contributed by atoms with E-state index in [1.54, 1.807) is 12.5 Å². The molecule has 0 saturated heterocycles. The topological polar surface area (TPSA) is 34.2 Å². The molecule has 1 aromatic carbocycles. The molecule has 1 N–H and O–H groups in total. The first-order valence-electron chi connectivity index (χ1n) is 5.95. The third-order valence-electron chi connectivity index (χ3n) is 3.73. The fraction of sp³-hybridized carbons (Fsp3) is 0.286. The Kier molecular flexibility index (Phi) is 1.65. The van der Waals surface area contributed by atoms with E-state index in [1.807, 2.05) is 0 Å². The highest BCUT2D eigenvalue weighted by atomic mass is 16.7. The molecule has 1 aliphatic heterocycles. The van der Waals surface area contributed by atoms with Crippen LogP contribution in [0.5, 0.6) is 0 Å². The Labute approximate surface area is 99.0 Å². The van der Waals surface area contributed by atoms with Gasteiger partial charge in [0.1, 0.15) is 12.5 Å². The van der Waals surface area contributed by atoms with E-state index >= 15 is 0 Å². The fourth-order valence-electron chi connectivity index (χ4n) is 2.90. The van der Waals surface area contributed by atoms with Crippen molar-refractivity contribution in [2.24, 2.45) is 0 Å². The number of hydrogen-bond acceptors (Lipinski definition) is 2. The summed E-state index contributed by atoms with van der Waals surface area (Å²) in [6.07, 6.45) is 6.00. The molecule has 17 heavy (non-hydrogen) atoms. The molecule has 0 fully saturated rings. The number of nitrogens with one attached hydrogen (secondary N) is 1. The van der Waals surface area contributed by atoms with E-state index in [0.717, 1.165) is 19.3 Å². The van der Waals surface area contributed by atoms with Crippen LogP contribution in [0, 0.1) is 0 Å². The van der Waals surface area contributed by atoms with Crippen molar-refractivity contribution in [1.29, 1.82) is 0 Å². The van der Waals surface area contributed by atoms with E-state index in [4.69, 9.17) is 9.47 Å². The largest absolute Gasteiger partial charge is 0.456 e. The van der Waals surface area contributed by atoms with Crippen LogP contribution >= 0.6 is 0 Å². The molecular formula is C14H13NO2. The second kappa shape index (κ2) is 3.06. The summed E-state index contributed by atoms with van der Waals surface area (Å²) >= 11 is 0. The van der Waals surface area contributed by atoms with Crippen LogP contribution in [0.3, 0.4) is 0 Å². The molecule has 3 heteroatoms. The number of rotatable bonds is 0. The maximum atomic E-state index is 5.61. The lowest BCUT2D eigenvalue weighted by molar-refractivity contribution is -0.148. The third-order valence-corrected chi connectivity index (χ3v) is 3.73. The maximum Gasteiger partial charge on any atom is 0.255 e. The highest BCUT2D eigenvalue weighted by Crippen LogP contribution is 2.38. The third kappa shape index (κ3) is 1.22. The van der Waals surface area contributed by atoms with Gasteiger partial charge in [-0.3, -0.25) is 0 Å². The predicted molar refractivity (Wildman–Crippen MR) is 64.4 cm³/mol. The molecule has 2 aliphatic rings. The number of aromatic nitrogens is 1. The molecule has 86 valence electrons. The first kappa shape index (κ1) is 9.16. The lowest BCUT2D eigenvalue weighted by atomic mass is 9.91. The molecule has 1 spiro atoms. The van der Waals surface area contributed by atoms with Gasteiger partial charge in [-0.2, -0.15) is 0 Å². The SMILES string of the molecule is C1=COC2(CCc3c([nH]c4ccccc34)C2)O1. The number of fused-ring (bicyclic) bond motifs is 3. The number of aromatic amines is 1. The van der Waals surface area contributed by atoms with Crippen LogP contribution in [-0.2, 0) is 22.3 Å². The van der Waals surface area contributed by atoms with Crippen LogP contribution in [0.25, 0.3) is 10.9 Å². The molecule has 0 radical (unpaired) electrons. The first-order chi connectivity index (χ1) is 8.36. The quantitative estimate of drug-likeness (QED) is 0.751. The van der Waals surface area contributed by atoms with Gasteiger partial charge in [0.25, 0.3) is 5.79 Å². The zero-order chi connectivity index (χ0) is 11.3. The van der Waals surface area contributed by atoms with Crippen molar-refractivity contribution in [3.63, 3.8) is 0 Å². The molecule has 2 heterocycles. The highest BCUT2D eigenvalue weighted by molar-refractivity contribution is 5.84. The Morgan fingerprint density at radius 3 is 2.82 bits per heavy atom. The summed E-state index contributed by atoms with van der Waals surface area (Å²) in [5.74, 6) is -0.451. The van der Waals surface area contributed by atoms with Gasteiger partial charge < -0.3 is 14.5 Å². The van der Waals surface area contributed by atoms with Gasteiger partial charge in [-0.25, -0.2) is 0 Å². The molecule has 1 aliphatic carbocycles. The zero-order valence-electron chi connectivity index (χ0n) is 9.40. The molecule has 0 atom stereocenters. The van der Waals surface area contributed by atoms with Gasteiger partial charge in [-0.15, -0.1) is 0 Å². The lowest BCUT2D eigenvalue weighted by Gasteiger charge is -2.31. The molecule has 3 nitrogen and oxygen atoms in total. The molecule has 4 rings (SSSR count).